The minimum Gasteiger partial charge on any atom is -0.352 e. The molecule has 0 radical (unpaired) electrons. The van der Waals surface area contributed by atoms with Crippen LogP contribution in [0.5, 0.6) is 0 Å². The van der Waals surface area contributed by atoms with Gasteiger partial charge in [-0.05, 0) is 32.3 Å². The number of nitrogens with zero attached hydrogens (tertiary/aromatic N) is 3. The largest absolute Gasteiger partial charge is 0.352 e. The van der Waals surface area contributed by atoms with Crippen molar-refractivity contribution in [2.45, 2.75) is 53.4 Å². The number of amides is 1. The van der Waals surface area contributed by atoms with Gasteiger partial charge in [0.25, 0.3) is 5.91 Å². The molecular formula is C18H28N4O. The van der Waals surface area contributed by atoms with E-state index in [1.165, 1.54) is 19.3 Å². The number of nitrogens with one attached hydrogen (secondary N) is 1. The van der Waals surface area contributed by atoms with E-state index in [1.807, 2.05) is 27.0 Å². The fourth-order valence-electron chi connectivity index (χ4n) is 3.02. The minimum atomic E-state index is -0.0217. The molecule has 0 spiro atoms. The molecule has 0 aliphatic heterocycles. The Morgan fingerprint density at radius 3 is 2.74 bits per heavy atom. The summed E-state index contributed by atoms with van der Waals surface area (Å²) in [5, 5.41) is 8.37. The maximum Gasteiger partial charge on any atom is 0.252 e. The molecule has 5 nitrogen and oxygen atoms in total. The number of unbranched alkanes of at least 4 members (excludes halogenated alkanes) is 1. The average molecular weight is 316 g/mol. The minimum absolute atomic E-state index is 0.0217. The lowest BCUT2D eigenvalue weighted by molar-refractivity contribution is 0.0947. The Morgan fingerprint density at radius 1 is 1.35 bits per heavy atom. The lowest BCUT2D eigenvalue weighted by Crippen LogP contribution is -2.29. The molecule has 126 valence electrons. The Kier molecular flexibility index (Phi) is 5.74. The summed E-state index contributed by atoms with van der Waals surface area (Å²) in [6.07, 6.45) is 4.68. The molecule has 0 unspecified atom stereocenters. The molecule has 23 heavy (non-hydrogen) atoms. The van der Waals surface area contributed by atoms with Crippen LogP contribution in [0.4, 0.5) is 0 Å². The fourth-order valence-corrected chi connectivity index (χ4v) is 3.02. The summed E-state index contributed by atoms with van der Waals surface area (Å²) in [7, 11) is 1.86. The predicted octanol–water partition coefficient (Wildman–Crippen LogP) is 3.53. The Hall–Kier alpha value is -1.91. The Morgan fingerprint density at radius 2 is 2.09 bits per heavy atom. The number of aromatic nitrogens is 3. The number of hydrogen-bond acceptors (Lipinski definition) is 3. The van der Waals surface area contributed by atoms with Crippen molar-refractivity contribution in [2.24, 2.45) is 13.0 Å². The number of rotatable bonds is 7. The molecule has 0 aliphatic rings. The predicted molar refractivity (Wildman–Crippen MR) is 93.6 cm³/mol. The van der Waals surface area contributed by atoms with E-state index >= 15 is 0 Å². The van der Waals surface area contributed by atoms with Gasteiger partial charge in [0.05, 0.1) is 16.6 Å². The van der Waals surface area contributed by atoms with Crippen LogP contribution in [-0.2, 0) is 7.05 Å². The highest BCUT2D eigenvalue weighted by Gasteiger charge is 2.18. The number of fused-ring (bicyclic) bond motifs is 1. The zero-order valence-corrected chi connectivity index (χ0v) is 14.9. The molecule has 0 saturated carbocycles. The first-order valence-corrected chi connectivity index (χ1v) is 8.57. The highest BCUT2D eigenvalue weighted by Crippen LogP contribution is 2.21. The second-order valence-corrected chi connectivity index (χ2v) is 6.35. The van der Waals surface area contributed by atoms with Gasteiger partial charge in [-0.2, -0.15) is 5.10 Å². The van der Waals surface area contributed by atoms with E-state index in [4.69, 9.17) is 0 Å². The van der Waals surface area contributed by atoms with Crippen molar-refractivity contribution in [3.63, 3.8) is 0 Å². The quantitative estimate of drug-likeness (QED) is 0.850. The van der Waals surface area contributed by atoms with Crippen molar-refractivity contribution >= 4 is 16.9 Å². The zero-order valence-electron chi connectivity index (χ0n) is 14.9. The van der Waals surface area contributed by atoms with Crippen LogP contribution in [0, 0.1) is 19.8 Å². The van der Waals surface area contributed by atoms with Gasteiger partial charge in [0.15, 0.2) is 5.65 Å². The van der Waals surface area contributed by atoms with Crippen molar-refractivity contribution in [3.05, 3.63) is 23.0 Å². The fraction of sp³-hybridized carbons (Fsp3) is 0.611. The molecule has 2 heterocycles. The molecular weight excluding hydrogens is 288 g/mol. The summed E-state index contributed by atoms with van der Waals surface area (Å²) in [5.41, 5.74) is 3.14. The Bertz CT molecular complexity index is 690. The first kappa shape index (κ1) is 17.4. The van der Waals surface area contributed by atoms with Gasteiger partial charge in [-0.15, -0.1) is 0 Å². The number of carbonyl (C=O) groups is 1. The standard InChI is InChI=1S/C18H28N4O/c1-6-8-9-14(7-2)11-19-18(23)15-10-12(3)20-17-16(15)13(4)21-22(17)5/h10,14H,6-9,11H2,1-5H3,(H,19,23)/t14-/m0/s1. The van der Waals surface area contributed by atoms with E-state index < -0.39 is 0 Å². The van der Waals surface area contributed by atoms with Gasteiger partial charge in [0.2, 0.25) is 0 Å². The summed E-state index contributed by atoms with van der Waals surface area (Å²) in [6.45, 7) is 8.96. The molecule has 2 rings (SSSR count). The molecule has 0 aromatic carbocycles. The zero-order chi connectivity index (χ0) is 17.0. The average Bonchev–Trinajstić information content (AvgIpc) is 2.81. The van der Waals surface area contributed by atoms with Crippen molar-refractivity contribution < 1.29 is 4.79 Å². The van der Waals surface area contributed by atoms with Crippen molar-refractivity contribution in [3.8, 4) is 0 Å². The van der Waals surface area contributed by atoms with Gasteiger partial charge in [0.1, 0.15) is 0 Å². The molecule has 1 amide bonds. The van der Waals surface area contributed by atoms with E-state index in [0.29, 0.717) is 11.5 Å². The van der Waals surface area contributed by atoms with E-state index in [1.54, 1.807) is 4.68 Å². The molecule has 5 heteroatoms. The third-order valence-electron chi connectivity index (χ3n) is 4.44. The second-order valence-electron chi connectivity index (χ2n) is 6.35. The molecule has 2 aromatic heterocycles. The van der Waals surface area contributed by atoms with Gasteiger partial charge < -0.3 is 5.32 Å². The highest BCUT2D eigenvalue weighted by atomic mass is 16.1. The molecule has 0 fully saturated rings. The molecule has 1 atom stereocenters. The van der Waals surface area contributed by atoms with Gasteiger partial charge in [-0.25, -0.2) is 4.98 Å². The van der Waals surface area contributed by atoms with Crippen LogP contribution in [0.25, 0.3) is 11.0 Å². The molecule has 0 aliphatic carbocycles. The molecule has 2 aromatic rings. The first-order chi connectivity index (χ1) is 11.0. The third-order valence-corrected chi connectivity index (χ3v) is 4.44. The summed E-state index contributed by atoms with van der Waals surface area (Å²) in [6, 6.07) is 1.86. The van der Waals surface area contributed by atoms with Gasteiger partial charge in [-0.1, -0.05) is 33.1 Å². The maximum atomic E-state index is 12.7. The number of aryl methyl sites for hydroxylation is 3. The lowest BCUT2D eigenvalue weighted by atomic mass is 9.99. The van der Waals surface area contributed by atoms with E-state index in [-0.39, 0.29) is 5.91 Å². The van der Waals surface area contributed by atoms with Crippen LogP contribution >= 0.6 is 0 Å². The summed E-state index contributed by atoms with van der Waals surface area (Å²) >= 11 is 0. The highest BCUT2D eigenvalue weighted by molar-refractivity contribution is 6.06. The SMILES string of the molecule is CCCC[C@H](CC)CNC(=O)c1cc(C)nc2c1c(C)nn2C. The van der Waals surface area contributed by atoms with Crippen molar-refractivity contribution in [2.75, 3.05) is 6.54 Å². The van der Waals surface area contributed by atoms with Crippen LogP contribution < -0.4 is 5.32 Å². The smallest absolute Gasteiger partial charge is 0.252 e. The molecule has 0 bridgehead atoms. The van der Waals surface area contributed by atoms with Crippen molar-refractivity contribution in [1.82, 2.24) is 20.1 Å². The third kappa shape index (κ3) is 3.89. The maximum absolute atomic E-state index is 12.7. The van der Waals surface area contributed by atoms with Gasteiger partial charge in [-0.3, -0.25) is 9.48 Å². The van der Waals surface area contributed by atoms with Crippen LogP contribution in [-0.4, -0.2) is 27.2 Å². The molecule has 0 saturated heterocycles. The van der Waals surface area contributed by atoms with Crippen LogP contribution in [0.1, 0.15) is 61.3 Å². The molecule has 1 N–H and O–H groups in total. The van der Waals surface area contributed by atoms with E-state index in [2.05, 4.69) is 29.2 Å². The topological polar surface area (TPSA) is 59.8 Å². The summed E-state index contributed by atoms with van der Waals surface area (Å²) in [5.74, 6) is 0.527. The normalized spacial score (nSPS) is 12.6. The first-order valence-electron chi connectivity index (χ1n) is 8.57. The monoisotopic (exact) mass is 316 g/mol. The van der Waals surface area contributed by atoms with Crippen LogP contribution in [0.2, 0.25) is 0 Å². The van der Waals surface area contributed by atoms with E-state index in [9.17, 15) is 4.79 Å². The number of hydrogen-bond donors (Lipinski definition) is 1. The lowest BCUT2D eigenvalue weighted by Gasteiger charge is -2.15. The number of pyridine rings is 1. The van der Waals surface area contributed by atoms with E-state index in [0.717, 1.165) is 35.4 Å². The summed E-state index contributed by atoms with van der Waals surface area (Å²) in [4.78, 5) is 17.2. The van der Waals surface area contributed by atoms with Crippen LogP contribution in [0.15, 0.2) is 6.07 Å². The van der Waals surface area contributed by atoms with Gasteiger partial charge >= 0.3 is 0 Å². The second kappa shape index (κ2) is 7.57. The Balaban J connectivity index is 2.21. The van der Waals surface area contributed by atoms with Gasteiger partial charge in [0, 0.05) is 19.3 Å². The van der Waals surface area contributed by atoms with Crippen molar-refractivity contribution in [1.29, 1.82) is 0 Å². The summed E-state index contributed by atoms with van der Waals surface area (Å²) < 4.78 is 1.74. The van der Waals surface area contributed by atoms with Crippen LogP contribution in [0.3, 0.4) is 0 Å². The number of carbonyl (C=O) groups excluding carboxylic acids is 1. The Labute approximate surface area is 138 Å².